The lowest BCUT2D eigenvalue weighted by atomic mass is 10.1. The summed E-state index contributed by atoms with van der Waals surface area (Å²) in [6.45, 7) is 4.67. The van der Waals surface area contributed by atoms with Crippen molar-refractivity contribution in [1.29, 1.82) is 0 Å². The van der Waals surface area contributed by atoms with Gasteiger partial charge in [-0.3, -0.25) is 4.79 Å². The van der Waals surface area contributed by atoms with Crippen molar-refractivity contribution >= 4 is 5.91 Å². The number of hydrogen-bond acceptors (Lipinski definition) is 2. The van der Waals surface area contributed by atoms with E-state index < -0.39 is 0 Å². The maximum absolute atomic E-state index is 11.3. The molecule has 1 aliphatic carbocycles. The molecule has 3 N–H and O–H groups in total. The lowest BCUT2D eigenvalue weighted by Crippen LogP contribution is -2.42. The average Bonchev–Trinajstić information content (AvgIpc) is 2.67. The minimum atomic E-state index is -0.0219. The summed E-state index contributed by atoms with van der Waals surface area (Å²) in [7, 11) is 0. The predicted octanol–water partition coefficient (Wildman–Crippen LogP) is 0.640. The minimum Gasteiger partial charge on any atom is -0.349 e. The summed E-state index contributed by atoms with van der Waals surface area (Å²) in [5.41, 5.74) is 5.51. The number of nitrogens with two attached hydrogens (primary N) is 1. The van der Waals surface area contributed by atoms with Crippen molar-refractivity contribution in [2.75, 3.05) is 6.54 Å². The number of hydrogen-bond donors (Lipinski definition) is 2. The van der Waals surface area contributed by atoms with E-state index in [2.05, 4.69) is 5.32 Å². The topological polar surface area (TPSA) is 55.1 Å². The maximum Gasteiger partial charge on any atom is 0.220 e. The summed E-state index contributed by atoms with van der Waals surface area (Å²) in [5.74, 6) is 0.575. The summed E-state index contributed by atoms with van der Waals surface area (Å²) in [6.07, 6.45) is 2.71. The Hall–Kier alpha value is -0.570. The van der Waals surface area contributed by atoms with Gasteiger partial charge in [-0.15, -0.1) is 0 Å². The zero-order valence-corrected chi connectivity index (χ0v) is 7.89. The molecule has 1 amide bonds. The van der Waals surface area contributed by atoms with E-state index >= 15 is 0 Å². The number of amides is 1. The first-order valence-corrected chi connectivity index (χ1v) is 4.59. The molecular weight excluding hydrogens is 152 g/mol. The molecule has 0 radical (unpaired) electrons. The molecule has 3 nitrogen and oxygen atoms in total. The molecule has 70 valence electrons. The third kappa shape index (κ3) is 2.48. The molecule has 0 aromatic carbocycles. The first-order chi connectivity index (χ1) is 5.58. The molecule has 1 rings (SSSR count). The van der Waals surface area contributed by atoms with Crippen molar-refractivity contribution in [3.05, 3.63) is 0 Å². The zero-order valence-electron chi connectivity index (χ0n) is 7.89. The molecule has 1 aliphatic rings. The normalized spacial score (nSPS) is 19.3. The number of carbonyl (C=O) groups excluding carboxylic acids is 1. The van der Waals surface area contributed by atoms with Crippen LogP contribution in [0.1, 0.15) is 33.1 Å². The third-order valence-corrected chi connectivity index (χ3v) is 2.24. The molecule has 1 saturated carbocycles. The van der Waals surface area contributed by atoms with Crippen LogP contribution in [0.5, 0.6) is 0 Å². The van der Waals surface area contributed by atoms with Crippen molar-refractivity contribution < 1.29 is 4.79 Å². The number of rotatable bonds is 4. The molecule has 0 heterocycles. The molecule has 0 bridgehead atoms. The zero-order chi connectivity index (χ0) is 9.19. The lowest BCUT2D eigenvalue weighted by Gasteiger charge is -2.15. The standard InChI is InChI=1S/C9H18N2O/c1-7(2)5-8(12)11-9(6-10)3-4-9/h7H,3-6,10H2,1-2H3,(H,11,12). The molecule has 3 heteroatoms. The van der Waals surface area contributed by atoms with Crippen LogP contribution in [0.25, 0.3) is 0 Å². The fourth-order valence-corrected chi connectivity index (χ4v) is 1.25. The Morgan fingerprint density at radius 1 is 1.58 bits per heavy atom. The monoisotopic (exact) mass is 170 g/mol. The summed E-state index contributed by atoms with van der Waals surface area (Å²) in [5, 5.41) is 2.98. The number of nitrogens with one attached hydrogen (secondary N) is 1. The first-order valence-electron chi connectivity index (χ1n) is 4.59. The Bertz CT molecular complexity index is 173. The Labute approximate surface area is 73.7 Å². The van der Waals surface area contributed by atoms with E-state index in [0.717, 1.165) is 12.8 Å². The van der Waals surface area contributed by atoms with E-state index in [0.29, 0.717) is 18.9 Å². The van der Waals surface area contributed by atoms with Crippen LogP contribution in [0.4, 0.5) is 0 Å². The molecule has 12 heavy (non-hydrogen) atoms. The van der Waals surface area contributed by atoms with Gasteiger partial charge in [-0.25, -0.2) is 0 Å². The molecule has 1 fully saturated rings. The molecule has 0 unspecified atom stereocenters. The Morgan fingerprint density at radius 3 is 2.50 bits per heavy atom. The van der Waals surface area contributed by atoms with Crippen molar-refractivity contribution in [2.24, 2.45) is 11.7 Å². The predicted molar refractivity (Wildman–Crippen MR) is 48.6 cm³/mol. The van der Waals surface area contributed by atoms with Crippen LogP contribution >= 0.6 is 0 Å². The van der Waals surface area contributed by atoms with E-state index in [1.807, 2.05) is 13.8 Å². The summed E-state index contributed by atoms with van der Waals surface area (Å²) in [4.78, 5) is 11.3. The second kappa shape index (κ2) is 3.44. The Morgan fingerprint density at radius 2 is 2.17 bits per heavy atom. The quantitative estimate of drug-likeness (QED) is 0.650. The van der Waals surface area contributed by atoms with Crippen LogP contribution in [0.15, 0.2) is 0 Å². The van der Waals surface area contributed by atoms with Crippen molar-refractivity contribution in [3.63, 3.8) is 0 Å². The maximum atomic E-state index is 11.3. The molecule has 0 aromatic heterocycles. The minimum absolute atomic E-state index is 0.0219. The molecule has 0 atom stereocenters. The molecular formula is C9H18N2O. The van der Waals surface area contributed by atoms with Gasteiger partial charge < -0.3 is 11.1 Å². The first kappa shape index (κ1) is 9.52. The summed E-state index contributed by atoms with van der Waals surface area (Å²) >= 11 is 0. The fourth-order valence-electron chi connectivity index (χ4n) is 1.25. The van der Waals surface area contributed by atoms with Crippen molar-refractivity contribution in [3.8, 4) is 0 Å². The van der Waals surface area contributed by atoms with Gasteiger partial charge in [0.25, 0.3) is 0 Å². The SMILES string of the molecule is CC(C)CC(=O)NC1(CN)CC1. The van der Waals surface area contributed by atoms with Crippen LogP contribution < -0.4 is 11.1 Å². The fraction of sp³-hybridized carbons (Fsp3) is 0.889. The van der Waals surface area contributed by atoms with Gasteiger partial charge in [-0.2, -0.15) is 0 Å². The Balaban J connectivity index is 2.26. The van der Waals surface area contributed by atoms with Crippen LogP contribution in [0.2, 0.25) is 0 Å². The van der Waals surface area contributed by atoms with E-state index in [1.54, 1.807) is 0 Å². The Kier molecular flexibility index (Phi) is 2.73. The van der Waals surface area contributed by atoms with Crippen LogP contribution in [-0.2, 0) is 4.79 Å². The largest absolute Gasteiger partial charge is 0.349 e. The number of carbonyl (C=O) groups is 1. The second-order valence-corrected chi connectivity index (χ2v) is 4.13. The molecule has 0 spiro atoms. The van der Waals surface area contributed by atoms with Crippen LogP contribution in [-0.4, -0.2) is 18.0 Å². The molecule has 0 saturated heterocycles. The van der Waals surface area contributed by atoms with Crippen molar-refractivity contribution in [1.82, 2.24) is 5.32 Å². The van der Waals surface area contributed by atoms with E-state index in [9.17, 15) is 4.79 Å². The van der Waals surface area contributed by atoms with Crippen molar-refractivity contribution in [2.45, 2.75) is 38.6 Å². The van der Waals surface area contributed by atoms with Gasteiger partial charge in [-0.05, 0) is 18.8 Å². The summed E-state index contributed by atoms with van der Waals surface area (Å²) < 4.78 is 0. The van der Waals surface area contributed by atoms with Crippen LogP contribution in [0.3, 0.4) is 0 Å². The third-order valence-electron chi connectivity index (χ3n) is 2.24. The lowest BCUT2D eigenvalue weighted by molar-refractivity contribution is -0.122. The average molecular weight is 170 g/mol. The van der Waals surface area contributed by atoms with Gasteiger partial charge in [-0.1, -0.05) is 13.8 Å². The molecule has 0 aliphatic heterocycles. The highest BCUT2D eigenvalue weighted by molar-refractivity contribution is 5.77. The second-order valence-electron chi connectivity index (χ2n) is 4.13. The van der Waals surface area contributed by atoms with Gasteiger partial charge >= 0.3 is 0 Å². The van der Waals surface area contributed by atoms with E-state index in [-0.39, 0.29) is 11.4 Å². The van der Waals surface area contributed by atoms with Gasteiger partial charge in [0, 0.05) is 13.0 Å². The van der Waals surface area contributed by atoms with Gasteiger partial charge in [0.2, 0.25) is 5.91 Å². The highest BCUT2D eigenvalue weighted by Gasteiger charge is 2.42. The molecule has 0 aromatic rings. The van der Waals surface area contributed by atoms with E-state index in [1.165, 1.54) is 0 Å². The smallest absolute Gasteiger partial charge is 0.220 e. The highest BCUT2D eigenvalue weighted by atomic mass is 16.1. The van der Waals surface area contributed by atoms with E-state index in [4.69, 9.17) is 5.73 Å². The van der Waals surface area contributed by atoms with Gasteiger partial charge in [0.05, 0.1) is 5.54 Å². The highest BCUT2D eigenvalue weighted by Crippen LogP contribution is 2.33. The summed E-state index contributed by atoms with van der Waals surface area (Å²) in [6, 6.07) is 0. The van der Waals surface area contributed by atoms with Crippen LogP contribution in [0, 0.1) is 5.92 Å². The van der Waals surface area contributed by atoms with Gasteiger partial charge in [0.15, 0.2) is 0 Å². The van der Waals surface area contributed by atoms with Gasteiger partial charge in [0.1, 0.15) is 0 Å².